The van der Waals surface area contributed by atoms with E-state index in [1.165, 1.54) is 29.8 Å². The summed E-state index contributed by atoms with van der Waals surface area (Å²) < 4.78 is 0. The van der Waals surface area contributed by atoms with Crippen LogP contribution in [0.3, 0.4) is 0 Å². The zero-order chi connectivity index (χ0) is 18.5. The molecule has 3 aromatic rings. The van der Waals surface area contributed by atoms with Gasteiger partial charge in [-0.3, -0.25) is 0 Å². The molecule has 5 nitrogen and oxygen atoms in total. The second kappa shape index (κ2) is 8.44. The number of nitrogens with zero attached hydrogens (tertiary/aromatic N) is 2. The maximum absolute atomic E-state index is 4.80. The van der Waals surface area contributed by atoms with Gasteiger partial charge in [0.2, 0.25) is 0 Å². The predicted octanol–water partition coefficient (Wildman–Crippen LogP) is 3.93. The van der Waals surface area contributed by atoms with Crippen LogP contribution in [-0.2, 0) is 13.0 Å². The van der Waals surface area contributed by atoms with Gasteiger partial charge >= 0.3 is 0 Å². The third kappa shape index (κ3) is 4.08. The summed E-state index contributed by atoms with van der Waals surface area (Å²) >= 11 is 0. The number of aromatic amines is 1. The molecule has 1 aliphatic rings. The van der Waals surface area contributed by atoms with E-state index in [2.05, 4.69) is 56.9 Å². The number of benzene rings is 2. The lowest BCUT2D eigenvalue weighted by molar-refractivity contribution is 0.645. The Labute approximate surface area is 161 Å². The number of H-pyrrole nitrogens is 1. The van der Waals surface area contributed by atoms with Gasteiger partial charge in [-0.25, -0.2) is 4.98 Å². The monoisotopic (exact) mass is 363 g/mol. The highest BCUT2D eigenvalue weighted by molar-refractivity contribution is 5.76. The van der Waals surface area contributed by atoms with Crippen LogP contribution in [0.1, 0.15) is 30.7 Å². The van der Waals surface area contributed by atoms with Gasteiger partial charge in [-0.15, -0.1) is 0 Å². The number of fused-ring (bicyclic) bond motifs is 2. The minimum atomic E-state index is 0.798. The molecule has 0 fully saturated rings. The third-order valence-corrected chi connectivity index (χ3v) is 5.28. The van der Waals surface area contributed by atoms with Crippen molar-refractivity contribution in [3.05, 3.63) is 53.9 Å². The molecule has 2 heterocycles. The van der Waals surface area contributed by atoms with Crippen LogP contribution in [0.2, 0.25) is 0 Å². The summed E-state index contributed by atoms with van der Waals surface area (Å²) in [4.78, 5) is 10.8. The maximum Gasteiger partial charge on any atom is 0.126 e. The normalized spacial score (nSPS) is 13.4. The molecular weight excluding hydrogens is 334 g/mol. The van der Waals surface area contributed by atoms with Crippen LogP contribution in [0.15, 0.2) is 42.5 Å². The highest BCUT2D eigenvalue weighted by atomic mass is 15.2. The van der Waals surface area contributed by atoms with Crippen LogP contribution in [0, 0.1) is 0 Å². The van der Waals surface area contributed by atoms with Crippen molar-refractivity contribution in [3.63, 3.8) is 0 Å². The number of anilines is 2. The molecule has 1 aliphatic heterocycles. The number of rotatable bonds is 8. The summed E-state index contributed by atoms with van der Waals surface area (Å²) in [6.45, 7) is 3.94. The van der Waals surface area contributed by atoms with Crippen molar-refractivity contribution in [1.82, 2.24) is 15.3 Å². The van der Waals surface area contributed by atoms with E-state index in [0.29, 0.717) is 0 Å². The van der Waals surface area contributed by atoms with Crippen molar-refractivity contribution in [1.29, 1.82) is 0 Å². The molecule has 27 heavy (non-hydrogen) atoms. The predicted molar refractivity (Wildman–Crippen MR) is 114 cm³/mol. The average molecular weight is 364 g/mol. The Bertz CT molecular complexity index is 852. The maximum atomic E-state index is 4.80. The Hall–Kier alpha value is -2.53. The number of aromatic nitrogens is 2. The molecule has 0 atom stereocenters. The zero-order valence-electron chi connectivity index (χ0n) is 16.1. The Morgan fingerprint density at radius 3 is 2.93 bits per heavy atom. The lowest BCUT2D eigenvalue weighted by atomic mass is 10.0. The number of aryl methyl sites for hydroxylation is 1. The van der Waals surface area contributed by atoms with E-state index in [1.54, 1.807) is 0 Å². The Morgan fingerprint density at radius 2 is 2.04 bits per heavy atom. The lowest BCUT2D eigenvalue weighted by Crippen LogP contribution is -2.27. The highest BCUT2D eigenvalue weighted by Gasteiger charge is 2.18. The highest BCUT2D eigenvalue weighted by Crippen LogP contribution is 2.34. The van der Waals surface area contributed by atoms with Crippen molar-refractivity contribution in [2.24, 2.45) is 0 Å². The molecule has 1 aromatic heterocycles. The summed E-state index contributed by atoms with van der Waals surface area (Å²) in [5.74, 6) is 1.03. The first-order valence-corrected chi connectivity index (χ1v) is 10.0. The van der Waals surface area contributed by atoms with Gasteiger partial charge in [0.1, 0.15) is 5.82 Å². The van der Waals surface area contributed by atoms with Crippen molar-refractivity contribution >= 4 is 22.4 Å². The molecule has 0 saturated heterocycles. The van der Waals surface area contributed by atoms with Crippen molar-refractivity contribution in [2.75, 3.05) is 36.9 Å². The van der Waals surface area contributed by atoms with E-state index in [9.17, 15) is 0 Å². The standard InChI is InChI=1S/C22H29N5/c1-23-13-4-5-15-27(16-21-25-18-10-2-3-11-19(18)26-21)20-12-6-8-17-9-7-14-24-22(17)20/h2-3,6,8,10-12,23-24H,4-5,7,9,13-16H2,1H3,(H,25,26). The summed E-state index contributed by atoms with van der Waals surface area (Å²) in [6, 6.07) is 15.0. The minimum Gasteiger partial charge on any atom is -0.383 e. The van der Waals surface area contributed by atoms with E-state index in [0.717, 1.165) is 55.9 Å². The quantitative estimate of drug-likeness (QED) is 0.531. The van der Waals surface area contributed by atoms with Gasteiger partial charge in [0.05, 0.1) is 29.0 Å². The molecule has 0 unspecified atom stereocenters. The largest absolute Gasteiger partial charge is 0.383 e. The number of nitrogens with one attached hydrogen (secondary N) is 3. The Balaban J connectivity index is 1.60. The van der Waals surface area contributed by atoms with Crippen molar-refractivity contribution in [2.45, 2.75) is 32.2 Å². The molecule has 0 saturated carbocycles. The molecule has 0 amide bonds. The SMILES string of the molecule is CNCCCCN(Cc1nc2ccccc2[nH]1)c1cccc2c1NCCC2. The van der Waals surface area contributed by atoms with Crippen LogP contribution in [0.25, 0.3) is 11.0 Å². The second-order valence-corrected chi connectivity index (χ2v) is 7.27. The van der Waals surface area contributed by atoms with Gasteiger partial charge in [0, 0.05) is 13.1 Å². The van der Waals surface area contributed by atoms with Crippen LogP contribution in [0.4, 0.5) is 11.4 Å². The van der Waals surface area contributed by atoms with Crippen molar-refractivity contribution in [3.8, 4) is 0 Å². The number of unbranched alkanes of at least 4 members (excludes halogenated alkanes) is 1. The van der Waals surface area contributed by atoms with Gasteiger partial charge in [0.15, 0.2) is 0 Å². The van der Waals surface area contributed by atoms with Crippen LogP contribution in [-0.4, -0.2) is 36.6 Å². The third-order valence-electron chi connectivity index (χ3n) is 5.28. The first-order valence-electron chi connectivity index (χ1n) is 10.0. The molecule has 0 aliphatic carbocycles. The first-order chi connectivity index (χ1) is 13.3. The smallest absolute Gasteiger partial charge is 0.126 e. The van der Waals surface area contributed by atoms with Gasteiger partial charge in [-0.1, -0.05) is 24.3 Å². The average Bonchev–Trinajstić information content (AvgIpc) is 3.12. The Kier molecular flexibility index (Phi) is 5.58. The van der Waals surface area contributed by atoms with E-state index in [4.69, 9.17) is 4.98 Å². The topological polar surface area (TPSA) is 56.0 Å². The van der Waals surface area contributed by atoms with E-state index in [1.807, 2.05) is 13.1 Å². The van der Waals surface area contributed by atoms with Gasteiger partial charge in [-0.05, 0) is 63.0 Å². The van der Waals surface area contributed by atoms with Gasteiger partial charge in [0.25, 0.3) is 0 Å². The van der Waals surface area contributed by atoms with Crippen LogP contribution in [0.5, 0.6) is 0 Å². The first kappa shape index (κ1) is 17.9. The van der Waals surface area contributed by atoms with Gasteiger partial charge < -0.3 is 20.5 Å². The van der Waals surface area contributed by atoms with E-state index >= 15 is 0 Å². The molecule has 142 valence electrons. The molecule has 5 heteroatoms. The lowest BCUT2D eigenvalue weighted by Gasteiger charge is -2.30. The van der Waals surface area contributed by atoms with Crippen LogP contribution < -0.4 is 15.5 Å². The fourth-order valence-electron chi connectivity index (χ4n) is 3.91. The van der Waals surface area contributed by atoms with Crippen LogP contribution >= 0.6 is 0 Å². The minimum absolute atomic E-state index is 0.798. The fraction of sp³-hybridized carbons (Fsp3) is 0.409. The van der Waals surface area contributed by atoms with Gasteiger partial charge in [-0.2, -0.15) is 0 Å². The molecule has 0 spiro atoms. The molecule has 3 N–H and O–H groups in total. The summed E-state index contributed by atoms with van der Waals surface area (Å²) in [5, 5.41) is 6.89. The molecule has 0 bridgehead atoms. The summed E-state index contributed by atoms with van der Waals surface area (Å²) in [5.41, 5.74) is 6.20. The molecule has 4 rings (SSSR count). The summed E-state index contributed by atoms with van der Waals surface area (Å²) in [7, 11) is 2.02. The second-order valence-electron chi connectivity index (χ2n) is 7.27. The Morgan fingerprint density at radius 1 is 1.11 bits per heavy atom. The number of para-hydroxylation sites is 3. The number of hydrogen-bond donors (Lipinski definition) is 3. The van der Waals surface area contributed by atoms with Crippen molar-refractivity contribution < 1.29 is 0 Å². The molecule has 2 aromatic carbocycles. The zero-order valence-corrected chi connectivity index (χ0v) is 16.1. The molecule has 0 radical (unpaired) electrons. The fourth-order valence-corrected chi connectivity index (χ4v) is 3.91. The summed E-state index contributed by atoms with van der Waals surface area (Å²) in [6.07, 6.45) is 4.71. The number of imidazole rings is 1. The molecular formula is C22H29N5. The number of hydrogen-bond acceptors (Lipinski definition) is 4. The van der Waals surface area contributed by atoms with E-state index in [-0.39, 0.29) is 0 Å². The van der Waals surface area contributed by atoms with E-state index < -0.39 is 0 Å².